The van der Waals surface area contributed by atoms with Crippen LogP contribution in [0.15, 0.2) is 18.2 Å². The number of carbonyl (C=O) groups excluding carboxylic acids is 1. The SMILES string of the molecule is CCCCCN(C)C(=O)c1ccc(NC)c([N+](=O)[O-])c1. The fourth-order valence-electron chi connectivity index (χ4n) is 1.95. The highest BCUT2D eigenvalue weighted by Gasteiger charge is 2.18. The van der Waals surface area contributed by atoms with Gasteiger partial charge in [-0.15, -0.1) is 0 Å². The Morgan fingerprint density at radius 2 is 2.10 bits per heavy atom. The van der Waals surface area contributed by atoms with Crippen molar-refractivity contribution in [2.24, 2.45) is 0 Å². The van der Waals surface area contributed by atoms with Gasteiger partial charge < -0.3 is 10.2 Å². The first-order chi connectivity index (χ1) is 9.51. The normalized spacial score (nSPS) is 10.2. The van der Waals surface area contributed by atoms with Crippen LogP contribution in [0.5, 0.6) is 0 Å². The van der Waals surface area contributed by atoms with Gasteiger partial charge in [0.05, 0.1) is 4.92 Å². The van der Waals surface area contributed by atoms with Crippen molar-refractivity contribution in [3.05, 3.63) is 33.9 Å². The second-order valence-corrected chi connectivity index (χ2v) is 4.67. The number of amides is 1. The Kier molecular flexibility index (Phi) is 5.96. The zero-order chi connectivity index (χ0) is 15.1. The van der Waals surface area contributed by atoms with Gasteiger partial charge in [0.25, 0.3) is 11.6 Å². The van der Waals surface area contributed by atoms with Crippen LogP contribution in [-0.2, 0) is 0 Å². The van der Waals surface area contributed by atoms with E-state index in [4.69, 9.17) is 0 Å². The van der Waals surface area contributed by atoms with Gasteiger partial charge in [0.1, 0.15) is 5.69 Å². The van der Waals surface area contributed by atoms with Gasteiger partial charge in [-0.25, -0.2) is 0 Å². The lowest BCUT2D eigenvalue weighted by Crippen LogP contribution is -2.27. The van der Waals surface area contributed by atoms with E-state index < -0.39 is 4.92 Å². The largest absolute Gasteiger partial charge is 0.383 e. The molecule has 6 nitrogen and oxygen atoms in total. The van der Waals surface area contributed by atoms with Crippen molar-refractivity contribution in [3.8, 4) is 0 Å². The summed E-state index contributed by atoms with van der Waals surface area (Å²) in [7, 11) is 3.33. The lowest BCUT2D eigenvalue weighted by Gasteiger charge is -2.17. The van der Waals surface area contributed by atoms with Crippen molar-refractivity contribution in [1.29, 1.82) is 0 Å². The predicted octanol–water partition coefficient (Wildman–Crippen LogP) is 2.90. The fourth-order valence-corrected chi connectivity index (χ4v) is 1.95. The predicted molar refractivity (Wildman–Crippen MR) is 79.1 cm³/mol. The van der Waals surface area contributed by atoms with Crippen molar-refractivity contribution in [2.75, 3.05) is 26.0 Å². The average molecular weight is 279 g/mol. The minimum absolute atomic E-state index is 0.0830. The highest BCUT2D eigenvalue weighted by Crippen LogP contribution is 2.25. The number of nitro groups is 1. The van der Waals surface area contributed by atoms with E-state index in [1.54, 1.807) is 31.1 Å². The summed E-state index contributed by atoms with van der Waals surface area (Å²) in [6, 6.07) is 4.49. The molecule has 0 atom stereocenters. The Hall–Kier alpha value is -2.11. The Labute approximate surface area is 118 Å². The zero-order valence-corrected chi connectivity index (χ0v) is 12.2. The molecule has 20 heavy (non-hydrogen) atoms. The Bertz CT molecular complexity index is 489. The first kappa shape index (κ1) is 15.9. The molecular weight excluding hydrogens is 258 g/mol. The number of nitro benzene ring substituents is 1. The summed E-state index contributed by atoms with van der Waals surface area (Å²) in [6.07, 6.45) is 3.09. The molecule has 0 aliphatic carbocycles. The lowest BCUT2D eigenvalue weighted by atomic mass is 10.1. The van der Waals surface area contributed by atoms with E-state index in [0.29, 0.717) is 17.8 Å². The molecule has 0 saturated carbocycles. The molecule has 0 aliphatic rings. The number of carbonyl (C=O) groups is 1. The maximum Gasteiger partial charge on any atom is 0.293 e. The molecule has 0 bridgehead atoms. The number of nitrogens with zero attached hydrogens (tertiary/aromatic N) is 2. The van der Waals surface area contributed by atoms with E-state index >= 15 is 0 Å². The summed E-state index contributed by atoms with van der Waals surface area (Å²) in [4.78, 5) is 24.3. The maximum absolute atomic E-state index is 12.2. The molecule has 0 saturated heterocycles. The molecule has 0 aliphatic heterocycles. The molecule has 110 valence electrons. The fraction of sp³-hybridized carbons (Fsp3) is 0.500. The third-order valence-electron chi connectivity index (χ3n) is 3.15. The molecule has 0 aromatic heterocycles. The van der Waals surface area contributed by atoms with Crippen LogP contribution in [0.2, 0.25) is 0 Å². The van der Waals surface area contributed by atoms with Crippen LogP contribution in [-0.4, -0.2) is 36.4 Å². The van der Waals surface area contributed by atoms with Crippen molar-refractivity contribution in [3.63, 3.8) is 0 Å². The molecule has 0 heterocycles. The molecule has 0 spiro atoms. The number of rotatable bonds is 7. The van der Waals surface area contributed by atoms with E-state index in [1.165, 1.54) is 6.07 Å². The van der Waals surface area contributed by atoms with Crippen molar-refractivity contribution >= 4 is 17.3 Å². The van der Waals surface area contributed by atoms with E-state index in [0.717, 1.165) is 19.3 Å². The topological polar surface area (TPSA) is 75.5 Å². The summed E-state index contributed by atoms with van der Waals surface area (Å²) in [5, 5.41) is 13.7. The number of hydrogen-bond donors (Lipinski definition) is 1. The van der Waals surface area contributed by atoms with Crippen LogP contribution in [0.25, 0.3) is 0 Å². The van der Waals surface area contributed by atoms with E-state index in [2.05, 4.69) is 12.2 Å². The summed E-state index contributed by atoms with van der Waals surface area (Å²) in [5.41, 5.74) is 0.662. The van der Waals surface area contributed by atoms with Gasteiger partial charge in [0, 0.05) is 32.3 Å². The minimum Gasteiger partial charge on any atom is -0.383 e. The van der Waals surface area contributed by atoms with Crippen molar-refractivity contribution in [2.45, 2.75) is 26.2 Å². The Morgan fingerprint density at radius 3 is 2.65 bits per heavy atom. The van der Waals surface area contributed by atoms with Gasteiger partial charge in [0.15, 0.2) is 0 Å². The maximum atomic E-state index is 12.2. The Balaban J connectivity index is 2.88. The third kappa shape index (κ3) is 3.94. The molecule has 1 N–H and O–H groups in total. The van der Waals surface area contributed by atoms with Gasteiger partial charge in [-0.3, -0.25) is 14.9 Å². The van der Waals surface area contributed by atoms with E-state index in [1.807, 2.05) is 0 Å². The van der Waals surface area contributed by atoms with Gasteiger partial charge in [0.2, 0.25) is 0 Å². The molecule has 1 rings (SSSR count). The molecule has 1 aromatic rings. The molecule has 1 aromatic carbocycles. The molecule has 0 unspecified atom stereocenters. The van der Waals surface area contributed by atoms with Crippen LogP contribution in [0.3, 0.4) is 0 Å². The number of hydrogen-bond acceptors (Lipinski definition) is 4. The highest BCUT2D eigenvalue weighted by atomic mass is 16.6. The highest BCUT2D eigenvalue weighted by molar-refractivity contribution is 5.95. The lowest BCUT2D eigenvalue weighted by molar-refractivity contribution is -0.384. The number of unbranched alkanes of at least 4 members (excludes halogenated alkanes) is 2. The van der Waals surface area contributed by atoms with Gasteiger partial charge in [-0.2, -0.15) is 0 Å². The van der Waals surface area contributed by atoms with Crippen LogP contribution < -0.4 is 5.32 Å². The molecule has 1 amide bonds. The average Bonchev–Trinajstić information content (AvgIpc) is 2.45. The first-order valence-corrected chi connectivity index (χ1v) is 6.73. The van der Waals surface area contributed by atoms with E-state index in [-0.39, 0.29) is 11.6 Å². The van der Waals surface area contributed by atoms with Gasteiger partial charge >= 0.3 is 0 Å². The van der Waals surface area contributed by atoms with Gasteiger partial charge in [-0.05, 0) is 18.6 Å². The monoisotopic (exact) mass is 279 g/mol. The summed E-state index contributed by atoms with van der Waals surface area (Å²) in [5.74, 6) is -0.188. The summed E-state index contributed by atoms with van der Waals surface area (Å²) < 4.78 is 0. The summed E-state index contributed by atoms with van der Waals surface area (Å²) in [6.45, 7) is 2.76. The van der Waals surface area contributed by atoms with Crippen LogP contribution in [0.4, 0.5) is 11.4 Å². The van der Waals surface area contributed by atoms with Crippen LogP contribution in [0.1, 0.15) is 36.5 Å². The van der Waals surface area contributed by atoms with Crippen LogP contribution in [0, 0.1) is 10.1 Å². The summed E-state index contributed by atoms with van der Waals surface area (Å²) >= 11 is 0. The number of nitrogens with one attached hydrogen (secondary N) is 1. The molecule has 6 heteroatoms. The number of benzene rings is 1. The van der Waals surface area contributed by atoms with Crippen LogP contribution >= 0.6 is 0 Å². The Morgan fingerprint density at radius 1 is 1.40 bits per heavy atom. The minimum atomic E-state index is -0.486. The van der Waals surface area contributed by atoms with Crippen molar-refractivity contribution in [1.82, 2.24) is 4.90 Å². The molecular formula is C14H21N3O3. The quantitative estimate of drug-likeness (QED) is 0.473. The second kappa shape index (κ2) is 7.47. The van der Waals surface area contributed by atoms with E-state index in [9.17, 15) is 14.9 Å². The smallest absolute Gasteiger partial charge is 0.293 e. The zero-order valence-electron chi connectivity index (χ0n) is 12.2. The molecule has 0 radical (unpaired) electrons. The first-order valence-electron chi connectivity index (χ1n) is 6.73. The van der Waals surface area contributed by atoms with Gasteiger partial charge in [-0.1, -0.05) is 19.8 Å². The standard InChI is InChI=1S/C14H21N3O3/c1-4-5-6-9-16(3)14(18)11-7-8-12(15-2)13(10-11)17(19)20/h7-8,10,15H,4-6,9H2,1-3H3. The molecule has 0 fully saturated rings. The number of anilines is 1. The second-order valence-electron chi connectivity index (χ2n) is 4.67. The third-order valence-corrected chi connectivity index (χ3v) is 3.15. The van der Waals surface area contributed by atoms with Crippen molar-refractivity contribution < 1.29 is 9.72 Å².